The fourth-order valence-electron chi connectivity index (χ4n) is 0.694. The van der Waals surface area contributed by atoms with Crippen molar-refractivity contribution in [2.45, 2.75) is 0 Å². The molecule has 1 amide bonds. The average molecular weight is 204 g/mol. The average Bonchev–Trinajstić information content (AvgIpc) is 2.18. The topological polar surface area (TPSA) is 109 Å². The lowest BCUT2D eigenvalue weighted by Gasteiger charge is -2.05. The highest BCUT2D eigenvalue weighted by atomic mass is 16.5. The monoisotopic (exact) mass is 204 g/mol. The molecule has 0 unspecified atom stereocenters. The summed E-state index contributed by atoms with van der Waals surface area (Å²) in [6, 6.07) is 0. The second kappa shape index (κ2) is 8.27. The third-order valence-electron chi connectivity index (χ3n) is 1.35. The zero-order valence-electron chi connectivity index (χ0n) is 8.12. The normalized spacial score (nSPS) is 11.4. The number of hydrogen-bond acceptors (Lipinski definition) is 5. The fraction of sp³-hybridized carbons (Fsp3) is 0.714. The SMILES string of the molecule is COCCNC(=O)CNCC(N)=NO. The molecule has 0 aromatic carbocycles. The Labute approximate surface area is 82.3 Å². The van der Waals surface area contributed by atoms with Gasteiger partial charge in [-0.2, -0.15) is 0 Å². The smallest absolute Gasteiger partial charge is 0.234 e. The molecule has 0 aromatic rings. The molecule has 0 aromatic heterocycles. The van der Waals surface area contributed by atoms with Gasteiger partial charge in [-0.3, -0.25) is 4.79 Å². The van der Waals surface area contributed by atoms with Gasteiger partial charge in [-0.15, -0.1) is 0 Å². The lowest BCUT2D eigenvalue weighted by atomic mass is 10.5. The van der Waals surface area contributed by atoms with Crippen molar-refractivity contribution < 1.29 is 14.7 Å². The number of nitrogens with zero attached hydrogens (tertiary/aromatic N) is 1. The molecule has 0 aliphatic heterocycles. The summed E-state index contributed by atoms with van der Waals surface area (Å²) in [4.78, 5) is 11.0. The summed E-state index contributed by atoms with van der Waals surface area (Å²) in [5.74, 6) is -0.123. The minimum Gasteiger partial charge on any atom is -0.409 e. The van der Waals surface area contributed by atoms with Gasteiger partial charge in [0, 0.05) is 13.7 Å². The fourth-order valence-corrected chi connectivity index (χ4v) is 0.694. The van der Waals surface area contributed by atoms with E-state index in [4.69, 9.17) is 15.7 Å². The Balaban J connectivity index is 3.36. The van der Waals surface area contributed by atoms with Crippen LogP contribution in [-0.4, -0.2) is 50.3 Å². The van der Waals surface area contributed by atoms with Crippen molar-refractivity contribution in [1.82, 2.24) is 10.6 Å². The standard InChI is InChI=1S/C7H16N4O3/c1-14-3-2-10-7(12)5-9-4-6(8)11-13/h9,13H,2-5H2,1H3,(H2,8,11)(H,10,12). The summed E-state index contributed by atoms with van der Waals surface area (Å²) in [5, 5.41) is 16.2. The molecule has 0 saturated heterocycles. The van der Waals surface area contributed by atoms with Gasteiger partial charge < -0.3 is 26.3 Å². The number of ether oxygens (including phenoxy) is 1. The van der Waals surface area contributed by atoms with E-state index in [9.17, 15) is 4.79 Å². The third-order valence-corrected chi connectivity index (χ3v) is 1.35. The van der Waals surface area contributed by atoms with Gasteiger partial charge >= 0.3 is 0 Å². The van der Waals surface area contributed by atoms with Crippen LogP contribution in [0.15, 0.2) is 5.16 Å². The Hall–Kier alpha value is -1.34. The predicted octanol–water partition coefficient (Wildman–Crippen LogP) is -1.91. The zero-order valence-corrected chi connectivity index (χ0v) is 8.12. The van der Waals surface area contributed by atoms with Crippen molar-refractivity contribution >= 4 is 11.7 Å². The molecule has 0 saturated carbocycles. The first-order chi connectivity index (χ1) is 6.70. The van der Waals surface area contributed by atoms with Crippen LogP contribution in [0.25, 0.3) is 0 Å². The maximum atomic E-state index is 11.0. The van der Waals surface area contributed by atoms with Crippen molar-refractivity contribution in [2.24, 2.45) is 10.9 Å². The Kier molecular flexibility index (Phi) is 7.48. The number of carbonyl (C=O) groups excluding carboxylic acids is 1. The van der Waals surface area contributed by atoms with E-state index in [2.05, 4.69) is 15.8 Å². The Bertz CT molecular complexity index is 195. The molecule has 0 spiro atoms. The predicted molar refractivity (Wildman–Crippen MR) is 51.2 cm³/mol. The van der Waals surface area contributed by atoms with Gasteiger partial charge in [-0.05, 0) is 0 Å². The molecule has 7 nitrogen and oxygen atoms in total. The van der Waals surface area contributed by atoms with E-state index >= 15 is 0 Å². The molecule has 0 atom stereocenters. The van der Waals surface area contributed by atoms with Gasteiger partial charge in [0.2, 0.25) is 5.91 Å². The van der Waals surface area contributed by atoms with Crippen LogP contribution < -0.4 is 16.4 Å². The highest BCUT2D eigenvalue weighted by Gasteiger charge is 1.99. The van der Waals surface area contributed by atoms with E-state index in [1.54, 1.807) is 7.11 Å². The Morgan fingerprint density at radius 1 is 1.57 bits per heavy atom. The van der Waals surface area contributed by atoms with E-state index in [1.165, 1.54) is 0 Å². The Morgan fingerprint density at radius 3 is 2.86 bits per heavy atom. The lowest BCUT2D eigenvalue weighted by Crippen LogP contribution is -2.38. The third kappa shape index (κ3) is 7.32. The van der Waals surface area contributed by atoms with Crippen LogP contribution in [0.4, 0.5) is 0 Å². The minimum absolute atomic E-state index is 0.0368. The number of carbonyl (C=O) groups is 1. The lowest BCUT2D eigenvalue weighted by molar-refractivity contribution is -0.120. The summed E-state index contributed by atoms with van der Waals surface area (Å²) in [7, 11) is 1.56. The maximum absolute atomic E-state index is 11.0. The molecule has 0 rings (SSSR count). The summed E-state index contributed by atoms with van der Waals surface area (Å²) in [6.45, 7) is 1.25. The molecule has 0 fully saturated rings. The van der Waals surface area contributed by atoms with Crippen molar-refractivity contribution in [2.75, 3.05) is 33.4 Å². The molecule has 82 valence electrons. The van der Waals surface area contributed by atoms with Gasteiger partial charge in [0.15, 0.2) is 5.84 Å². The summed E-state index contributed by atoms with van der Waals surface area (Å²) in [6.07, 6.45) is 0. The van der Waals surface area contributed by atoms with E-state index < -0.39 is 0 Å². The van der Waals surface area contributed by atoms with Gasteiger partial charge in [0.05, 0.1) is 19.7 Å². The van der Waals surface area contributed by atoms with Crippen molar-refractivity contribution in [3.05, 3.63) is 0 Å². The maximum Gasteiger partial charge on any atom is 0.234 e. The molecule has 0 aliphatic carbocycles. The second-order valence-corrected chi connectivity index (χ2v) is 2.54. The quantitative estimate of drug-likeness (QED) is 0.127. The first kappa shape index (κ1) is 12.7. The molecule has 14 heavy (non-hydrogen) atoms. The molecular formula is C7H16N4O3. The summed E-state index contributed by atoms with van der Waals surface area (Å²) >= 11 is 0. The first-order valence-electron chi connectivity index (χ1n) is 4.13. The molecule has 0 bridgehead atoms. The van der Waals surface area contributed by atoms with Crippen molar-refractivity contribution in [3.63, 3.8) is 0 Å². The molecule has 0 radical (unpaired) electrons. The van der Waals surface area contributed by atoms with Gasteiger partial charge in [-0.1, -0.05) is 5.16 Å². The number of nitrogens with one attached hydrogen (secondary N) is 2. The molecule has 5 N–H and O–H groups in total. The number of hydrogen-bond donors (Lipinski definition) is 4. The largest absolute Gasteiger partial charge is 0.409 e. The highest BCUT2D eigenvalue weighted by molar-refractivity contribution is 5.83. The summed E-state index contributed by atoms with van der Waals surface area (Å²) in [5.41, 5.74) is 5.17. The summed E-state index contributed by atoms with van der Waals surface area (Å²) < 4.78 is 4.75. The van der Waals surface area contributed by atoms with Crippen LogP contribution in [0.3, 0.4) is 0 Å². The van der Waals surface area contributed by atoms with Crippen LogP contribution in [0.5, 0.6) is 0 Å². The van der Waals surface area contributed by atoms with Gasteiger partial charge in [0.25, 0.3) is 0 Å². The first-order valence-corrected chi connectivity index (χ1v) is 4.13. The zero-order chi connectivity index (χ0) is 10.8. The number of amides is 1. The number of oxime groups is 1. The number of methoxy groups -OCH3 is 1. The van der Waals surface area contributed by atoms with Crippen molar-refractivity contribution in [1.29, 1.82) is 0 Å². The van der Waals surface area contributed by atoms with Crippen LogP contribution in [0.2, 0.25) is 0 Å². The van der Waals surface area contributed by atoms with Crippen molar-refractivity contribution in [3.8, 4) is 0 Å². The molecular weight excluding hydrogens is 188 g/mol. The number of nitrogens with two attached hydrogens (primary N) is 1. The van der Waals surface area contributed by atoms with Gasteiger partial charge in [-0.25, -0.2) is 0 Å². The van der Waals surface area contributed by atoms with E-state index in [0.717, 1.165) is 0 Å². The van der Waals surface area contributed by atoms with Crippen LogP contribution in [-0.2, 0) is 9.53 Å². The number of amidine groups is 1. The van der Waals surface area contributed by atoms with E-state index in [0.29, 0.717) is 13.2 Å². The van der Waals surface area contributed by atoms with Crippen LogP contribution in [0, 0.1) is 0 Å². The van der Waals surface area contributed by atoms with Gasteiger partial charge in [0.1, 0.15) is 0 Å². The van der Waals surface area contributed by atoms with E-state index in [1.807, 2.05) is 0 Å². The minimum atomic E-state index is -0.159. The number of rotatable bonds is 7. The second-order valence-electron chi connectivity index (χ2n) is 2.54. The molecule has 7 heteroatoms. The highest BCUT2D eigenvalue weighted by Crippen LogP contribution is 1.68. The van der Waals surface area contributed by atoms with E-state index in [-0.39, 0.29) is 24.8 Å². The molecule has 0 heterocycles. The Morgan fingerprint density at radius 2 is 2.29 bits per heavy atom. The van der Waals surface area contributed by atoms with Crippen LogP contribution in [0.1, 0.15) is 0 Å². The van der Waals surface area contributed by atoms with Crippen LogP contribution >= 0.6 is 0 Å². The molecule has 0 aliphatic rings.